The van der Waals surface area contributed by atoms with Crippen LogP contribution < -0.4 is 10.6 Å². The zero-order valence-corrected chi connectivity index (χ0v) is 22.1. The molecule has 0 atom stereocenters. The molecule has 0 saturated carbocycles. The summed E-state index contributed by atoms with van der Waals surface area (Å²) in [5, 5.41) is 6.04. The van der Waals surface area contributed by atoms with E-state index in [-0.39, 0.29) is 11.8 Å². The molecule has 4 aromatic rings. The van der Waals surface area contributed by atoms with Gasteiger partial charge < -0.3 is 10.1 Å². The molecule has 0 bridgehead atoms. The Kier molecular flexibility index (Phi) is 8.32. The van der Waals surface area contributed by atoms with Gasteiger partial charge in [0, 0.05) is 61.3 Å². The van der Waals surface area contributed by atoms with Gasteiger partial charge >= 0.3 is 6.03 Å². The average Bonchev–Trinajstić information content (AvgIpc) is 3.36. The van der Waals surface area contributed by atoms with Gasteiger partial charge in [-0.05, 0) is 55.8 Å². The molecule has 0 unspecified atom stereocenters. The van der Waals surface area contributed by atoms with Crippen LogP contribution in [0, 0.1) is 0 Å². The third-order valence-corrected chi connectivity index (χ3v) is 7.38. The lowest BCUT2D eigenvalue weighted by Gasteiger charge is -2.26. The minimum atomic E-state index is -0.296. The molecule has 4 heterocycles. The van der Waals surface area contributed by atoms with E-state index in [1.807, 2.05) is 43.3 Å². The number of morpholine rings is 1. The molecular weight excluding hydrogens is 500 g/mol. The molecule has 1 fully saturated rings. The number of ketones is 1. The Bertz CT molecular complexity index is 1420. The fourth-order valence-corrected chi connectivity index (χ4v) is 5.41. The van der Waals surface area contributed by atoms with Gasteiger partial charge in [0.15, 0.2) is 10.9 Å². The number of aromatic nitrogens is 3. The second-order valence-electron chi connectivity index (χ2n) is 9.03. The van der Waals surface area contributed by atoms with E-state index in [1.54, 1.807) is 18.6 Å². The number of pyridine rings is 2. The van der Waals surface area contributed by atoms with Crippen LogP contribution in [0.2, 0.25) is 0 Å². The maximum Gasteiger partial charge on any atom is 0.321 e. The van der Waals surface area contributed by atoms with Crippen LogP contribution in [0.1, 0.15) is 30.1 Å². The molecule has 38 heavy (non-hydrogen) atoms. The van der Waals surface area contributed by atoms with Gasteiger partial charge in [0.25, 0.3) is 0 Å². The zero-order valence-electron chi connectivity index (χ0n) is 21.3. The largest absolute Gasteiger partial charge is 0.379 e. The SMILES string of the molecule is CCNC(=O)Nc1nc2cc(-c3cncc(C(=O)CCCN4CCOCC4)c3)cc(-c3ccccn3)c2s1. The van der Waals surface area contributed by atoms with E-state index >= 15 is 0 Å². The number of urea groups is 1. The molecule has 1 saturated heterocycles. The van der Waals surface area contributed by atoms with Crippen molar-refractivity contribution in [2.24, 2.45) is 0 Å². The number of rotatable bonds is 9. The van der Waals surface area contributed by atoms with Crippen molar-refractivity contribution < 1.29 is 14.3 Å². The molecule has 3 aromatic heterocycles. The highest BCUT2D eigenvalue weighted by molar-refractivity contribution is 7.22. The summed E-state index contributed by atoms with van der Waals surface area (Å²) < 4.78 is 6.32. The van der Waals surface area contributed by atoms with Crippen LogP contribution in [0.25, 0.3) is 32.6 Å². The molecule has 2 N–H and O–H groups in total. The van der Waals surface area contributed by atoms with Crippen LogP contribution >= 0.6 is 11.3 Å². The number of carbonyl (C=O) groups is 2. The van der Waals surface area contributed by atoms with E-state index in [2.05, 4.69) is 30.5 Å². The third kappa shape index (κ3) is 6.21. The number of anilines is 1. The standard InChI is InChI=1S/C28H30N6O3S/c1-2-30-27(36)33-28-32-24-16-19(15-22(26(24)38-28)23-6-3-4-8-31-23)20-14-21(18-29-17-20)25(35)7-5-9-34-10-12-37-13-11-34/h3-4,6,8,14-18H,2,5,7,9-13H2,1H3,(H2,30,32,33,36). The van der Waals surface area contributed by atoms with Crippen molar-refractivity contribution in [1.82, 2.24) is 25.2 Å². The van der Waals surface area contributed by atoms with Crippen molar-refractivity contribution in [3.05, 3.63) is 60.6 Å². The average molecular weight is 531 g/mol. The van der Waals surface area contributed by atoms with E-state index in [0.29, 0.717) is 23.7 Å². The van der Waals surface area contributed by atoms with E-state index in [9.17, 15) is 9.59 Å². The van der Waals surface area contributed by atoms with E-state index < -0.39 is 0 Å². The first-order valence-corrected chi connectivity index (χ1v) is 13.6. The molecule has 2 amide bonds. The maximum absolute atomic E-state index is 13.0. The lowest BCUT2D eigenvalue weighted by atomic mass is 9.99. The predicted octanol–water partition coefficient (Wildman–Crippen LogP) is 4.86. The van der Waals surface area contributed by atoms with Gasteiger partial charge in [-0.1, -0.05) is 17.4 Å². The van der Waals surface area contributed by atoms with E-state index in [0.717, 1.165) is 71.9 Å². The van der Waals surface area contributed by atoms with Crippen molar-refractivity contribution in [2.75, 3.05) is 44.7 Å². The molecule has 5 rings (SSSR count). The molecule has 0 spiro atoms. The lowest BCUT2D eigenvalue weighted by molar-refractivity contribution is 0.0371. The molecule has 196 valence electrons. The molecule has 0 aliphatic carbocycles. The third-order valence-electron chi connectivity index (χ3n) is 6.36. The fraction of sp³-hybridized carbons (Fsp3) is 0.321. The Morgan fingerprint density at radius 2 is 1.97 bits per heavy atom. The van der Waals surface area contributed by atoms with Crippen molar-refractivity contribution >= 4 is 38.5 Å². The molecule has 9 nitrogen and oxygen atoms in total. The number of fused-ring (bicyclic) bond motifs is 1. The first-order valence-electron chi connectivity index (χ1n) is 12.8. The second-order valence-corrected chi connectivity index (χ2v) is 10.0. The van der Waals surface area contributed by atoms with Gasteiger partial charge in [0.2, 0.25) is 0 Å². The van der Waals surface area contributed by atoms with Gasteiger partial charge in [-0.2, -0.15) is 0 Å². The summed E-state index contributed by atoms with van der Waals surface area (Å²) in [6, 6.07) is 11.4. The van der Waals surface area contributed by atoms with Crippen LogP contribution in [0.15, 0.2) is 55.0 Å². The molecule has 10 heteroatoms. The lowest BCUT2D eigenvalue weighted by Crippen LogP contribution is -2.36. The Morgan fingerprint density at radius 1 is 1.11 bits per heavy atom. The minimum Gasteiger partial charge on any atom is -0.379 e. The van der Waals surface area contributed by atoms with Crippen LogP contribution in [0.5, 0.6) is 0 Å². The normalized spacial score (nSPS) is 13.9. The minimum absolute atomic E-state index is 0.0840. The number of hydrogen-bond donors (Lipinski definition) is 2. The number of ether oxygens (including phenoxy) is 1. The maximum atomic E-state index is 13.0. The van der Waals surface area contributed by atoms with E-state index in [4.69, 9.17) is 4.74 Å². The van der Waals surface area contributed by atoms with Crippen molar-refractivity contribution in [2.45, 2.75) is 19.8 Å². The summed E-state index contributed by atoms with van der Waals surface area (Å²) in [7, 11) is 0. The van der Waals surface area contributed by atoms with Gasteiger partial charge in [-0.25, -0.2) is 9.78 Å². The number of thiazole rings is 1. The zero-order chi connectivity index (χ0) is 26.3. The topological polar surface area (TPSA) is 109 Å². The summed E-state index contributed by atoms with van der Waals surface area (Å²) >= 11 is 1.40. The predicted molar refractivity (Wildman–Crippen MR) is 150 cm³/mol. The highest BCUT2D eigenvalue weighted by atomic mass is 32.1. The Hall–Kier alpha value is -3.73. The summed E-state index contributed by atoms with van der Waals surface area (Å²) in [4.78, 5) is 41.0. The highest BCUT2D eigenvalue weighted by Crippen LogP contribution is 2.38. The van der Waals surface area contributed by atoms with Crippen LogP contribution in [0.3, 0.4) is 0 Å². The Morgan fingerprint density at radius 3 is 2.76 bits per heavy atom. The monoisotopic (exact) mass is 530 g/mol. The quantitative estimate of drug-likeness (QED) is 0.298. The fourth-order valence-electron chi connectivity index (χ4n) is 4.45. The molecule has 1 aromatic carbocycles. The van der Waals surface area contributed by atoms with Gasteiger partial charge in [0.05, 0.1) is 29.1 Å². The number of benzene rings is 1. The van der Waals surface area contributed by atoms with Gasteiger partial charge in [0.1, 0.15) is 0 Å². The van der Waals surface area contributed by atoms with Gasteiger partial charge in [-0.3, -0.25) is 25.0 Å². The number of Topliss-reactive ketones (excluding diaryl/α,β-unsaturated/α-hetero) is 1. The second kappa shape index (κ2) is 12.2. The number of nitrogens with zero attached hydrogens (tertiary/aromatic N) is 4. The number of nitrogens with one attached hydrogen (secondary N) is 2. The van der Waals surface area contributed by atoms with Crippen molar-refractivity contribution in [3.63, 3.8) is 0 Å². The summed E-state index contributed by atoms with van der Waals surface area (Å²) in [5.74, 6) is 0.0840. The number of carbonyl (C=O) groups excluding carboxylic acids is 2. The molecule has 1 aliphatic rings. The summed E-state index contributed by atoms with van der Waals surface area (Å²) in [6.45, 7) is 6.63. The summed E-state index contributed by atoms with van der Waals surface area (Å²) in [5.41, 5.74) is 4.75. The van der Waals surface area contributed by atoms with E-state index in [1.165, 1.54) is 11.3 Å². The smallest absolute Gasteiger partial charge is 0.321 e. The first-order chi connectivity index (χ1) is 18.6. The number of hydrogen-bond acceptors (Lipinski definition) is 8. The van der Waals surface area contributed by atoms with Crippen molar-refractivity contribution in [1.29, 1.82) is 0 Å². The molecular formula is C28H30N6O3S. The highest BCUT2D eigenvalue weighted by Gasteiger charge is 2.17. The van der Waals surface area contributed by atoms with Crippen LogP contribution in [0.4, 0.5) is 9.93 Å². The molecule has 1 aliphatic heterocycles. The number of amides is 2. The molecule has 0 radical (unpaired) electrons. The van der Waals surface area contributed by atoms with Crippen molar-refractivity contribution in [3.8, 4) is 22.4 Å². The first kappa shape index (κ1) is 25.9. The summed E-state index contributed by atoms with van der Waals surface area (Å²) in [6.07, 6.45) is 6.42. The van der Waals surface area contributed by atoms with Gasteiger partial charge in [-0.15, -0.1) is 0 Å². The van der Waals surface area contributed by atoms with Crippen LogP contribution in [-0.4, -0.2) is 71.1 Å². The van der Waals surface area contributed by atoms with Crippen LogP contribution in [-0.2, 0) is 4.74 Å². The Labute approximate surface area is 225 Å². The Balaban J connectivity index is 1.42.